The maximum Gasteiger partial charge on any atom is 0.223 e. The molecule has 0 bridgehead atoms. The molecule has 2 aromatic rings. The van der Waals surface area contributed by atoms with Crippen molar-refractivity contribution in [3.63, 3.8) is 0 Å². The Balaban J connectivity index is 0.00000289. The van der Waals surface area contributed by atoms with Gasteiger partial charge in [-0.15, -0.1) is 24.0 Å². The number of hydrogen-bond acceptors (Lipinski definition) is 2. The highest BCUT2D eigenvalue weighted by atomic mass is 127. The molecule has 2 aliphatic rings. The van der Waals surface area contributed by atoms with Crippen molar-refractivity contribution < 1.29 is 4.79 Å². The van der Waals surface area contributed by atoms with Crippen LogP contribution in [0.4, 0.5) is 0 Å². The number of nitrogens with one attached hydrogen (secondary N) is 2. The van der Waals surface area contributed by atoms with Crippen molar-refractivity contribution >= 4 is 47.4 Å². The lowest BCUT2D eigenvalue weighted by Crippen LogP contribution is -2.43. The predicted octanol–water partition coefficient (Wildman–Crippen LogP) is 4.25. The SMILES string of the molecule is CN=C(NCC1CC(=O)N(CCc2ccccc2)C1)NCC1(c2cccc(Cl)c2)CC1.I. The molecule has 7 heteroatoms. The van der Waals surface area contributed by atoms with Crippen LogP contribution in [0.25, 0.3) is 0 Å². The van der Waals surface area contributed by atoms with Gasteiger partial charge in [0, 0.05) is 56.0 Å². The summed E-state index contributed by atoms with van der Waals surface area (Å²) in [6, 6.07) is 18.5. The van der Waals surface area contributed by atoms with Crippen molar-refractivity contribution in [1.82, 2.24) is 15.5 Å². The smallest absolute Gasteiger partial charge is 0.223 e. The van der Waals surface area contributed by atoms with Crippen molar-refractivity contribution in [1.29, 1.82) is 0 Å². The first-order valence-electron chi connectivity index (χ1n) is 11.1. The first-order valence-corrected chi connectivity index (χ1v) is 11.5. The van der Waals surface area contributed by atoms with Crippen LogP contribution < -0.4 is 10.6 Å². The van der Waals surface area contributed by atoms with Crippen molar-refractivity contribution in [2.75, 3.05) is 33.2 Å². The summed E-state index contributed by atoms with van der Waals surface area (Å²) in [5.74, 6) is 1.36. The summed E-state index contributed by atoms with van der Waals surface area (Å²) in [5.41, 5.74) is 2.72. The Bertz CT molecular complexity index is 933. The molecule has 1 amide bonds. The Morgan fingerprint density at radius 1 is 1.16 bits per heavy atom. The van der Waals surface area contributed by atoms with E-state index in [1.54, 1.807) is 7.05 Å². The van der Waals surface area contributed by atoms with E-state index in [9.17, 15) is 4.79 Å². The molecule has 0 aromatic heterocycles. The normalized spacial score (nSPS) is 19.4. The number of nitrogens with zero attached hydrogens (tertiary/aromatic N) is 2. The highest BCUT2D eigenvalue weighted by molar-refractivity contribution is 14.0. The summed E-state index contributed by atoms with van der Waals surface area (Å²) in [4.78, 5) is 18.8. The Morgan fingerprint density at radius 3 is 2.62 bits per heavy atom. The average Bonchev–Trinajstić information content (AvgIpc) is 3.50. The van der Waals surface area contributed by atoms with Crippen LogP contribution in [0.5, 0.6) is 0 Å². The summed E-state index contributed by atoms with van der Waals surface area (Å²) >= 11 is 6.18. The fraction of sp³-hybridized carbons (Fsp3) is 0.440. The van der Waals surface area contributed by atoms with Crippen molar-refractivity contribution in [3.8, 4) is 0 Å². The number of aliphatic imine (C=N–C) groups is 1. The summed E-state index contributed by atoms with van der Waals surface area (Å²) in [6.45, 7) is 3.17. The van der Waals surface area contributed by atoms with E-state index < -0.39 is 0 Å². The molecule has 1 saturated carbocycles. The van der Waals surface area contributed by atoms with Crippen LogP contribution in [0.3, 0.4) is 0 Å². The van der Waals surface area contributed by atoms with Crippen LogP contribution >= 0.6 is 35.6 Å². The molecule has 5 nitrogen and oxygen atoms in total. The number of likely N-dealkylation sites (tertiary alicyclic amines) is 1. The highest BCUT2D eigenvalue weighted by Gasteiger charge is 2.44. The number of hydrogen-bond donors (Lipinski definition) is 2. The van der Waals surface area contributed by atoms with Crippen LogP contribution in [0.1, 0.15) is 30.4 Å². The number of halogens is 2. The van der Waals surface area contributed by atoms with Gasteiger partial charge in [-0.05, 0) is 42.5 Å². The van der Waals surface area contributed by atoms with Gasteiger partial charge in [-0.3, -0.25) is 9.79 Å². The quantitative estimate of drug-likeness (QED) is 0.286. The molecule has 1 saturated heterocycles. The molecular weight excluding hydrogens is 535 g/mol. The largest absolute Gasteiger partial charge is 0.356 e. The average molecular weight is 567 g/mol. The molecule has 4 rings (SSSR count). The zero-order valence-electron chi connectivity index (χ0n) is 18.5. The van der Waals surface area contributed by atoms with Crippen molar-refractivity contribution in [2.45, 2.75) is 31.1 Å². The molecule has 0 radical (unpaired) electrons. The lowest BCUT2D eigenvalue weighted by atomic mass is 9.96. The van der Waals surface area contributed by atoms with E-state index in [2.05, 4.69) is 39.9 Å². The first-order chi connectivity index (χ1) is 15.1. The van der Waals surface area contributed by atoms with Crippen LogP contribution in [0.2, 0.25) is 5.02 Å². The zero-order chi connectivity index (χ0) is 21.7. The molecule has 1 unspecified atom stereocenters. The van der Waals surface area contributed by atoms with Crippen LogP contribution in [0.15, 0.2) is 59.6 Å². The molecule has 0 spiro atoms. The van der Waals surface area contributed by atoms with Crippen LogP contribution in [0, 0.1) is 5.92 Å². The van der Waals surface area contributed by atoms with Gasteiger partial charge < -0.3 is 15.5 Å². The summed E-state index contributed by atoms with van der Waals surface area (Å²) in [5, 5.41) is 7.69. The van der Waals surface area contributed by atoms with E-state index in [-0.39, 0.29) is 35.3 Å². The van der Waals surface area contributed by atoms with Gasteiger partial charge in [-0.1, -0.05) is 54.1 Å². The maximum atomic E-state index is 12.4. The molecule has 1 heterocycles. The number of carbonyl (C=O) groups is 1. The zero-order valence-corrected chi connectivity index (χ0v) is 21.6. The minimum atomic E-state index is 0. The number of carbonyl (C=O) groups excluding carboxylic acids is 1. The third kappa shape index (κ3) is 6.38. The highest BCUT2D eigenvalue weighted by Crippen LogP contribution is 2.48. The van der Waals surface area contributed by atoms with Crippen molar-refractivity contribution in [2.24, 2.45) is 10.9 Å². The van der Waals surface area contributed by atoms with Gasteiger partial charge in [-0.2, -0.15) is 0 Å². The molecule has 2 fully saturated rings. The minimum Gasteiger partial charge on any atom is -0.356 e. The van der Waals surface area contributed by atoms with Gasteiger partial charge in [-0.25, -0.2) is 0 Å². The third-order valence-corrected chi connectivity index (χ3v) is 6.71. The first kappa shape index (κ1) is 24.8. The van der Waals surface area contributed by atoms with E-state index in [1.165, 1.54) is 11.1 Å². The van der Waals surface area contributed by atoms with Crippen molar-refractivity contribution in [3.05, 3.63) is 70.7 Å². The topological polar surface area (TPSA) is 56.7 Å². The van der Waals surface area contributed by atoms with E-state index in [4.69, 9.17) is 11.6 Å². The van der Waals surface area contributed by atoms with E-state index >= 15 is 0 Å². The van der Waals surface area contributed by atoms with Gasteiger partial charge in [0.15, 0.2) is 5.96 Å². The fourth-order valence-electron chi connectivity index (χ4n) is 4.37. The second kappa shape index (κ2) is 11.4. The third-order valence-electron chi connectivity index (χ3n) is 6.47. The van der Waals surface area contributed by atoms with Gasteiger partial charge in [0.05, 0.1) is 0 Å². The lowest BCUT2D eigenvalue weighted by molar-refractivity contribution is -0.127. The van der Waals surface area contributed by atoms with Gasteiger partial charge in [0.25, 0.3) is 0 Å². The standard InChI is InChI=1S/C25H31ClN4O.HI/c1-27-24(29-18-25(11-12-25)21-8-5-9-22(26)15-21)28-16-20-14-23(31)30(17-20)13-10-19-6-3-2-4-7-19;/h2-9,15,20H,10-14,16-18H2,1H3,(H2,27,28,29);1H. The molecule has 2 N–H and O–H groups in total. The van der Waals surface area contributed by atoms with Crippen LogP contribution in [-0.4, -0.2) is 50.0 Å². The van der Waals surface area contributed by atoms with E-state index in [0.717, 1.165) is 56.4 Å². The summed E-state index contributed by atoms with van der Waals surface area (Å²) < 4.78 is 0. The molecule has 2 aromatic carbocycles. The monoisotopic (exact) mass is 566 g/mol. The Morgan fingerprint density at radius 2 is 1.94 bits per heavy atom. The van der Waals surface area contributed by atoms with Gasteiger partial charge in [0.1, 0.15) is 0 Å². The predicted molar refractivity (Wildman–Crippen MR) is 142 cm³/mol. The second-order valence-electron chi connectivity index (χ2n) is 8.74. The Hall–Kier alpha value is -1.80. The fourth-order valence-corrected chi connectivity index (χ4v) is 4.56. The summed E-state index contributed by atoms with van der Waals surface area (Å²) in [7, 11) is 1.79. The number of guanidine groups is 1. The number of rotatable bonds is 8. The Labute approximate surface area is 213 Å². The minimum absolute atomic E-state index is 0. The molecule has 172 valence electrons. The van der Waals surface area contributed by atoms with Gasteiger partial charge >= 0.3 is 0 Å². The van der Waals surface area contributed by atoms with Gasteiger partial charge in [0.2, 0.25) is 5.91 Å². The molecule has 1 atom stereocenters. The second-order valence-corrected chi connectivity index (χ2v) is 9.18. The van der Waals surface area contributed by atoms with Crippen LogP contribution in [-0.2, 0) is 16.6 Å². The molecular formula is C25H32ClIN4O. The number of amides is 1. The molecule has 32 heavy (non-hydrogen) atoms. The van der Waals surface area contributed by atoms with E-state index in [1.807, 2.05) is 35.2 Å². The molecule has 1 aliphatic heterocycles. The molecule has 1 aliphatic carbocycles. The number of benzene rings is 2. The summed E-state index contributed by atoms with van der Waals surface area (Å²) in [6.07, 6.45) is 3.82. The Kier molecular flexibility index (Phi) is 8.82. The maximum absolute atomic E-state index is 12.4. The lowest BCUT2D eigenvalue weighted by Gasteiger charge is -2.20. The van der Waals surface area contributed by atoms with E-state index in [0.29, 0.717) is 12.3 Å².